The number of rotatable bonds is 13. The number of nitrogens with one attached hydrogen (secondary N) is 2. The van der Waals surface area contributed by atoms with E-state index in [1.165, 1.54) is 29.4 Å². The number of aryl methyl sites for hydroxylation is 2. The van der Waals surface area contributed by atoms with Gasteiger partial charge in [0.05, 0.1) is 0 Å². The number of unbranched alkanes of at least 4 members (excludes halogenated alkanes) is 1. The van der Waals surface area contributed by atoms with Crippen molar-refractivity contribution in [3.8, 4) is 5.75 Å². The monoisotopic (exact) mass is 577 g/mol. The van der Waals surface area contributed by atoms with Crippen molar-refractivity contribution in [1.29, 1.82) is 0 Å². The van der Waals surface area contributed by atoms with Crippen molar-refractivity contribution in [2.24, 2.45) is 11.6 Å². The number of nitrogens with two attached hydrogens (primary N) is 2. The van der Waals surface area contributed by atoms with Crippen LogP contribution in [0, 0.1) is 6.92 Å². The van der Waals surface area contributed by atoms with E-state index in [1.807, 2.05) is 31.2 Å². The third kappa shape index (κ3) is 10.5. The fourth-order valence-corrected chi connectivity index (χ4v) is 4.33. The molecule has 1 heterocycles. The highest BCUT2D eigenvalue weighted by Crippen LogP contribution is 2.23. The molecular formula is C26H30F3N7O3S. The number of ether oxygens (including phenoxy) is 1. The van der Waals surface area contributed by atoms with Crippen LogP contribution in [0.4, 0.5) is 13.2 Å². The first-order valence-electron chi connectivity index (χ1n) is 12.3. The van der Waals surface area contributed by atoms with Crippen LogP contribution in [0.15, 0.2) is 60.4 Å². The minimum atomic E-state index is -4.80. The zero-order chi connectivity index (χ0) is 29.1. The van der Waals surface area contributed by atoms with Gasteiger partial charge in [-0.25, -0.2) is 5.84 Å². The molecule has 3 rings (SSSR count). The molecule has 14 heteroatoms. The number of carbonyl (C=O) groups excluding carboxylic acids is 2. The first-order valence-corrected chi connectivity index (χ1v) is 13.1. The second-order valence-electron chi connectivity index (χ2n) is 8.83. The molecule has 2 aromatic carbocycles. The molecule has 0 aliphatic heterocycles. The number of halogens is 3. The average molecular weight is 578 g/mol. The Morgan fingerprint density at radius 3 is 2.48 bits per heavy atom. The summed E-state index contributed by atoms with van der Waals surface area (Å²) in [6.07, 6.45) is -1.49. The molecule has 0 unspecified atom stereocenters. The first kappa shape index (κ1) is 30.4. The summed E-state index contributed by atoms with van der Waals surface area (Å²) in [5.41, 5.74) is 8.35. The van der Waals surface area contributed by atoms with E-state index in [0.717, 1.165) is 22.5 Å². The highest BCUT2D eigenvalue weighted by Gasteiger charge is 2.31. The molecule has 0 aliphatic carbocycles. The van der Waals surface area contributed by atoms with E-state index in [9.17, 15) is 22.8 Å². The normalized spacial score (nSPS) is 11.7. The number of alkyl halides is 3. The lowest BCUT2D eigenvalue weighted by Gasteiger charge is -2.14. The topological polar surface area (TPSA) is 148 Å². The average Bonchev–Trinajstić information content (AvgIpc) is 3.37. The van der Waals surface area contributed by atoms with Gasteiger partial charge in [0.2, 0.25) is 5.01 Å². The van der Waals surface area contributed by atoms with E-state index in [0.29, 0.717) is 42.9 Å². The molecule has 1 aromatic heterocycles. The molecule has 0 radical (unpaired) electrons. The van der Waals surface area contributed by atoms with Crippen molar-refractivity contribution in [3.63, 3.8) is 0 Å². The summed E-state index contributed by atoms with van der Waals surface area (Å²) < 4.78 is 41.1. The Labute approximate surface area is 233 Å². The third-order valence-electron chi connectivity index (χ3n) is 5.41. The van der Waals surface area contributed by atoms with Gasteiger partial charge in [-0.05, 0) is 43.0 Å². The molecule has 0 atom stereocenters. The molecule has 0 fully saturated rings. The van der Waals surface area contributed by atoms with E-state index in [-0.39, 0.29) is 23.0 Å². The number of nitrogens with zero attached hydrogens (tertiary/aromatic N) is 3. The van der Waals surface area contributed by atoms with Crippen LogP contribution >= 0.6 is 11.3 Å². The van der Waals surface area contributed by atoms with Crippen LogP contribution in [0.5, 0.6) is 5.75 Å². The fraction of sp³-hybridized carbons (Fsp3) is 0.308. The van der Waals surface area contributed by atoms with Crippen molar-refractivity contribution in [1.82, 2.24) is 25.8 Å². The second kappa shape index (κ2) is 14.3. The zero-order valence-corrected chi connectivity index (χ0v) is 22.5. The number of amides is 2. The summed E-state index contributed by atoms with van der Waals surface area (Å²) in [6.45, 7) is 2.76. The summed E-state index contributed by atoms with van der Waals surface area (Å²) in [4.78, 5) is 24.6. The molecule has 40 heavy (non-hydrogen) atoms. The summed E-state index contributed by atoms with van der Waals surface area (Å²) in [7, 11) is 0. The fourth-order valence-electron chi connectivity index (χ4n) is 3.54. The lowest BCUT2D eigenvalue weighted by atomic mass is 10.1. The van der Waals surface area contributed by atoms with Crippen molar-refractivity contribution < 1.29 is 27.5 Å². The quantitative estimate of drug-likeness (QED) is 0.105. The maximum atomic E-state index is 12.4. The van der Waals surface area contributed by atoms with Crippen molar-refractivity contribution >= 4 is 23.2 Å². The Morgan fingerprint density at radius 2 is 1.75 bits per heavy atom. The molecule has 0 bridgehead atoms. The van der Waals surface area contributed by atoms with E-state index in [4.69, 9.17) is 11.6 Å². The van der Waals surface area contributed by atoms with E-state index >= 15 is 0 Å². The molecule has 0 spiro atoms. The molecule has 10 nitrogen and oxygen atoms in total. The van der Waals surface area contributed by atoms with Crippen LogP contribution in [0.25, 0.3) is 0 Å². The largest absolute Gasteiger partial charge is 0.573 e. The minimum Gasteiger partial charge on any atom is -0.406 e. The van der Waals surface area contributed by atoms with E-state index < -0.39 is 18.2 Å². The summed E-state index contributed by atoms with van der Waals surface area (Å²) in [5.74, 6) is 4.67. The number of hydrogen-bond acceptors (Lipinski definition) is 9. The molecule has 2 amide bonds. The second-order valence-corrected chi connectivity index (χ2v) is 9.89. The molecule has 3 aromatic rings. The van der Waals surface area contributed by atoms with Gasteiger partial charge in [0, 0.05) is 32.3 Å². The van der Waals surface area contributed by atoms with Crippen LogP contribution < -0.4 is 26.9 Å². The van der Waals surface area contributed by atoms with Crippen molar-refractivity contribution in [3.05, 3.63) is 87.1 Å². The Kier molecular flexibility index (Phi) is 10.8. The van der Waals surface area contributed by atoms with Gasteiger partial charge in [-0.2, -0.15) is 0 Å². The predicted molar refractivity (Wildman–Crippen MR) is 143 cm³/mol. The Bertz CT molecular complexity index is 1330. The molecule has 0 aliphatic rings. The summed E-state index contributed by atoms with van der Waals surface area (Å²) in [6, 6.07) is 13.1. The maximum Gasteiger partial charge on any atom is 0.573 e. The first-order chi connectivity index (χ1) is 19.0. The Balaban J connectivity index is 1.36. The van der Waals surface area contributed by atoms with Gasteiger partial charge in [-0.1, -0.05) is 53.3 Å². The van der Waals surface area contributed by atoms with Crippen LogP contribution in [-0.2, 0) is 24.3 Å². The van der Waals surface area contributed by atoms with Gasteiger partial charge in [-0.15, -0.1) is 23.4 Å². The van der Waals surface area contributed by atoms with Crippen LogP contribution in [0.3, 0.4) is 0 Å². The van der Waals surface area contributed by atoms with E-state index in [2.05, 4.69) is 25.6 Å². The maximum absolute atomic E-state index is 12.4. The van der Waals surface area contributed by atoms with Gasteiger partial charge in [-0.3, -0.25) is 9.59 Å². The highest BCUT2D eigenvalue weighted by atomic mass is 32.1. The van der Waals surface area contributed by atoms with Gasteiger partial charge >= 0.3 is 6.36 Å². The number of carbonyl (C=O) groups is 2. The molecule has 6 N–H and O–H groups in total. The van der Waals surface area contributed by atoms with Gasteiger partial charge in [0.1, 0.15) is 16.5 Å². The molecule has 214 valence electrons. The van der Waals surface area contributed by atoms with Gasteiger partial charge in [0.25, 0.3) is 11.8 Å². The lowest BCUT2D eigenvalue weighted by molar-refractivity contribution is -0.274. The van der Waals surface area contributed by atoms with Crippen LogP contribution in [-0.4, -0.2) is 39.9 Å². The van der Waals surface area contributed by atoms with Gasteiger partial charge < -0.3 is 26.1 Å². The number of hydrazine groups is 1. The molecular weight excluding hydrogens is 547 g/mol. The SMILES string of the molecule is Cc1cccc(CNC(=O)/C(N)=C/N(N)CCCCc2nnc(C(=O)NCc3cccc(OC(F)(F)F)c3)s2)c1. The smallest absolute Gasteiger partial charge is 0.406 e. The third-order valence-corrected chi connectivity index (χ3v) is 6.39. The Morgan fingerprint density at radius 1 is 1.05 bits per heavy atom. The minimum absolute atomic E-state index is 0.00423. The zero-order valence-electron chi connectivity index (χ0n) is 21.7. The highest BCUT2D eigenvalue weighted by molar-refractivity contribution is 7.13. The number of hydrogen-bond donors (Lipinski definition) is 4. The number of benzene rings is 2. The van der Waals surface area contributed by atoms with Crippen LogP contribution in [0.2, 0.25) is 0 Å². The van der Waals surface area contributed by atoms with Crippen LogP contribution in [0.1, 0.15) is 44.3 Å². The predicted octanol–water partition coefficient (Wildman–Crippen LogP) is 3.29. The Hall–Kier alpha value is -4.17. The molecule has 0 saturated heterocycles. The summed E-state index contributed by atoms with van der Waals surface area (Å²) >= 11 is 1.13. The van der Waals surface area contributed by atoms with Gasteiger partial charge in [0.15, 0.2) is 0 Å². The number of aromatic nitrogens is 2. The lowest BCUT2D eigenvalue weighted by Crippen LogP contribution is -2.33. The van der Waals surface area contributed by atoms with Crippen molar-refractivity contribution in [2.45, 2.75) is 45.6 Å². The summed E-state index contributed by atoms with van der Waals surface area (Å²) in [5, 5.41) is 15.4. The van der Waals surface area contributed by atoms with E-state index in [1.54, 1.807) is 6.07 Å². The van der Waals surface area contributed by atoms with Crippen molar-refractivity contribution in [2.75, 3.05) is 6.54 Å². The molecule has 0 saturated carbocycles. The standard InChI is InChI=1S/C26H30F3N7O3S/c1-17-6-4-7-18(12-17)14-32-23(37)21(30)16-36(31)11-3-2-10-22-34-35-25(40-22)24(38)33-15-19-8-5-9-20(13-19)39-26(27,28)29/h4-9,12-13,16H,2-3,10-11,14-15,30-31H2,1H3,(H,32,37)(H,33,38)/b21-16-.